The summed E-state index contributed by atoms with van der Waals surface area (Å²) >= 11 is 0. The van der Waals surface area contributed by atoms with Crippen LogP contribution in [0.4, 0.5) is 0 Å². The maximum absolute atomic E-state index is 15.2. The van der Waals surface area contributed by atoms with Crippen LogP contribution in [0, 0.1) is 0 Å². The van der Waals surface area contributed by atoms with Gasteiger partial charge in [-0.25, -0.2) is 0 Å². The van der Waals surface area contributed by atoms with Gasteiger partial charge in [0.05, 0.1) is 49.8 Å². The summed E-state index contributed by atoms with van der Waals surface area (Å²) in [5.74, 6) is -0.747. The third-order valence-corrected chi connectivity index (χ3v) is 33.3. The highest BCUT2D eigenvalue weighted by molar-refractivity contribution is 7.00. The molecule has 15 rings (SSSR count). The van der Waals surface area contributed by atoms with E-state index in [0.29, 0.717) is 61.4 Å². The minimum absolute atomic E-state index is 0.214. The lowest BCUT2D eigenvalue weighted by atomic mass is 9.80. The van der Waals surface area contributed by atoms with Gasteiger partial charge in [-0.05, 0) is 89.2 Å². The predicted molar refractivity (Wildman–Crippen MR) is 475 cm³/mol. The summed E-state index contributed by atoms with van der Waals surface area (Å²) in [6.07, 6.45) is 4.18. The maximum Gasteiger partial charge on any atom is 0.261 e. The molecule has 0 saturated carbocycles. The van der Waals surface area contributed by atoms with Crippen LogP contribution in [0.5, 0.6) is 0 Å². The standard InChI is InChI=1S/C103H103N3O8Si2/c1-100(2,3)115(86-54-30-14-31-55-86,87-56-32-15-33-57-87)113-70-66-84(76-111-102(78-42-18-8-19-43-78,79-44-20-9-21-45-79)80-46-22-10-23-47-80)109-72-68-105-74-92(90-62-38-40-64-94(90)105)96-97(99(108)104(7)98(96)107)93-75-106(95-65-41-39-63-91(93)95)69-73-110-85(67-71-114-116(101(4,5)6,88-58-34-16-35-59-88)89-60-36-17-37-61-89)77-112-103(81-48-24-11-25-49-81,82-50-26-12-27-51-82)83-52-28-13-29-53-83/h8-65,74-75,84-85H,66-73,76-77H2,1-7H3. The molecule has 0 saturated heterocycles. The van der Waals surface area contributed by atoms with E-state index in [2.05, 4.69) is 330 Å². The number of aromatic nitrogens is 2. The van der Waals surface area contributed by atoms with Crippen LogP contribution in [-0.2, 0) is 61.7 Å². The number of imide groups is 1. The third kappa shape index (κ3) is 15.9. The number of para-hydroxylation sites is 2. The minimum Gasteiger partial charge on any atom is -0.407 e. The summed E-state index contributed by atoms with van der Waals surface area (Å²) in [5.41, 5.74) is 7.76. The fourth-order valence-corrected chi connectivity index (χ4v) is 26.8. The molecule has 0 radical (unpaired) electrons. The summed E-state index contributed by atoms with van der Waals surface area (Å²) < 4.78 is 49.3. The average molecular weight is 1570 g/mol. The smallest absolute Gasteiger partial charge is 0.261 e. The van der Waals surface area contributed by atoms with E-state index in [9.17, 15) is 0 Å². The molecular formula is C103H103N3O8Si2. The van der Waals surface area contributed by atoms with E-state index in [1.165, 1.54) is 25.6 Å². The Kier molecular flexibility index (Phi) is 24.5. The summed E-state index contributed by atoms with van der Waals surface area (Å²) in [6.45, 7) is 16.4. The monoisotopic (exact) mass is 1570 g/mol. The van der Waals surface area contributed by atoms with Gasteiger partial charge in [0.1, 0.15) is 11.2 Å². The average Bonchev–Trinajstić information content (AvgIpc) is 1.38. The molecule has 116 heavy (non-hydrogen) atoms. The number of likely N-dealkylation sites (N-methyl/N-ethyl adjacent to an activating group) is 1. The number of nitrogens with zero attached hydrogens (tertiary/aromatic N) is 3. The SMILES string of the molecule is CN1C(=O)C(c2cn(CCOC(CCO[Si](c3ccccc3)(c3ccccc3)C(C)(C)C)COC(c3ccccc3)(c3ccccc3)c3ccccc3)c3ccccc23)=C(c2cn(CCOC(CCO[Si](c3ccccc3)(c3ccccc3)C(C)(C)C)COC(c3ccccc3)(c3ccccc3)c3ccccc3)c3ccccc23)C1=O. The first-order chi connectivity index (χ1) is 56.6. The summed E-state index contributed by atoms with van der Waals surface area (Å²) in [5, 5.41) is 5.98. The predicted octanol–water partition coefficient (Wildman–Crippen LogP) is 19.2. The lowest BCUT2D eigenvalue weighted by Crippen LogP contribution is -2.66. The number of hydrogen-bond acceptors (Lipinski definition) is 8. The number of carbonyl (C=O) groups is 2. The van der Waals surface area contributed by atoms with Gasteiger partial charge in [0.25, 0.3) is 28.4 Å². The van der Waals surface area contributed by atoms with Crippen LogP contribution in [0.3, 0.4) is 0 Å². The van der Waals surface area contributed by atoms with Gasteiger partial charge in [0.2, 0.25) is 0 Å². The van der Waals surface area contributed by atoms with Crippen molar-refractivity contribution in [1.29, 1.82) is 0 Å². The fraction of sp³-hybridized carbons (Fsp3) is 0.223. The molecule has 13 heteroatoms. The van der Waals surface area contributed by atoms with Crippen LogP contribution in [0.15, 0.2) is 364 Å². The van der Waals surface area contributed by atoms with Gasteiger partial charge in [0, 0.05) is 78.7 Å². The van der Waals surface area contributed by atoms with Gasteiger partial charge in [-0.2, -0.15) is 0 Å². The molecule has 1 aliphatic rings. The van der Waals surface area contributed by atoms with Crippen LogP contribution >= 0.6 is 0 Å². The number of rotatable bonds is 34. The minimum atomic E-state index is -2.97. The Bertz CT molecular complexity index is 4970. The van der Waals surface area contributed by atoms with E-state index in [-0.39, 0.29) is 48.3 Å². The number of fused-ring (bicyclic) bond motifs is 2. The first kappa shape index (κ1) is 80.0. The van der Waals surface area contributed by atoms with E-state index < -0.39 is 40.0 Å². The maximum atomic E-state index is 15.2. The Labute approximate surface area is 685 Å². The molecule has 2 atom stereocenters. The van der Waals surface area contributed by atoms with Crippen LogP contribution in [0.2, 0.25) is 10.1 Å². The first-order valence-corrected chi connectivity index (χ1v) is 44.5. The number of hydrogen-bond donors (Lipinski definition) is 0. The molecule has 11 nitrogen and oxygen atoms in total. The van der Waals surface area contributed by atoms with Crippen molar-refractivity contribution in [3.8, 4) is 0 Å². The van der Waals surface area contributed by atoms with E-state index in [1.54, 1.807) is 7.05 Å². The van der Waals surface area contributed by atoms with E-state index in [1.807, 2.05) is 85.2 Å². The van der Waals surface area contributed by atoms with Gasteiger partial charge >= 0.3 is 0 Å². The number of carbonyl (C=O) groups excluding carboxylic acids is 2. The van der Waals surface area contributed by atoms with Crippen LogP contribution in [-0.4, -0.2) is 101 Å². The van der Waals surface area contributed by atoms with Crippen LogP contribution in [0.25, 0.3) is 33.0 Å². The Morgan fingerprint density at radius 1 is 0.310 bits per heavy atom. The molecule has 3 heterocycles. The van der Waals surface area contributed by atoms with Gasteiger partial charge in [-0.1, -0.05) is 381 Å². The highest BCUT2D eigenvalue weighted by Gasteiger charge is 2.52. The Morgan fingerprint density at radius 2 is 0.552 bits per heavy atom. The van der Waals surface area contributed by atoms with E-state index in [4.69, 9.17) is 27.8 Å². The number of benzene rings is 12. The normalized spacial score (nSPS) is 13.8. The quantitative estimate of drug-likeness (QED) is 0.0223. The van der Waals surface area contributed by atoms with Crippen molar-refractivity contribution < 1.29 is 37.4 Å². The van der Waals surface area contributed by atoms with Gasteiger partial charge < -0.3 is 36.9 Å². The summed E-state index contributed by atoms with van der Waals surface area (Å²) in [4.78, 5) is 31.7. The molecule has 0 spiro atoms. The van der Waals surface area contributed by atoms with Crippen molar-refractivity contribution in [2.75, 3.05) is 46.7 Å². The van der Waals surface area contributed by atoms with Crippen LogP contribution < -0.4 is 20.7 Å². The van der Waals surface area contributed by atoms with Gasteiger partial charge in [-0.15, -0.1) is 0 Å². The highest BCUT2D eigenvalue weighted by Crippen LogP contribution is 2.46. The molecule has 12 aromatic carbocycles. The topological polar surface area (TPSA) is 103 Å². The molecule has 0 fully saturated rings. The molecule has 2 unspecified atom stereocenters. The first-order valence-electron chi connectivity index (χ1n) is 40.6. The summed E-state index contributed by atoms with van der Waals surface area (Å²) in [7, 11) is -4.35. The molecule has 0 aliphatic carbocycles. The third-order valence-electron chi connectivity index (χ3n) is 23.2. The molecular weight excluding hydrogens is 1460 g/mol. The zero-order valence-electron chi connectivity index (χ0n) is 67.5. The molecule has 1 aliphatic heterocycles. The molecule has 0 bridgehead atoms. The van der Waals surface area contributed by atoms with Crippen molar-refractivity contribution >= 4 is 82.1 Å². The fourth-order valence-electron chi connectivity index (χ4n) is 17.7. The van der Waals surface area contributed by atoms with Crippen molar-refractivity contribution in [2.24, 2.45) is 0 Å². The lowest BCUT2D eigenvalue weighted by Gasteiger charge is -2.43. The van der Waals surface area contributed by atoms with Gasteiger partial charge in [-0.3, -0.25) is 14.5 Å². The molecule has 14 aromatic rings. The Balaban J connectivity index is 0.748. The van der Waals surface area contributed by atoms with Gasteiger partial charge in [0.15, 0.2) is 0 Å². The number of amides is 2. The largest absolute Gasteiger partial charge is 0.407 e. The molecule has 2 aromatic heterocycles. The molecule has 0 N–H and O–H groups in total. The second-order valence-corrected chi connectivity index (χ2v) is 40.8. The lowest BCUT2D eigenvalue weighted by molar-refractivity contribution is -0.134. The Hall–Kier alpha value is -11.2. The van der Waals surface area contributed by atoms with E-state index >= 15 is 9.59 Å². The van der Waals surface area contributed by atoms with Crippen LogP contribution in [0.1, 0.15) is 98.9 Å². The number of ether oxygens (including phenoxy) is 4. The van der Waals surface area contributed by atoms with Crippen molar-refractivity contribution in [3.05, 3.63) is 409 Å². The second-order valence-electron chi connectivity index (χ2n) is 32.2. The molecule has 586 valence electrons. The second kappa shape index (κ2) is 35.5. The van der Waals surface area contributed by atoms with Crippen molar-refractivity contribution in [3.63, 3.8) is 0 Å². The molecule has 2 amide bonds. The highest BCUT2D eigenvalue weighted by atomic mass is 28.4. The van der Waals surface area contributed by atoms with Crippen molar-refractivity contribution in [2.45, 2.75) is 101 Å². The zero-order valence-corrected chi connectivity index (χ0v) is 69.5. The summed E-state index contributed by atoms with van der Waals surface area (Å²) in [6, 6.07) is 122. The van der Waals surface area contributed by atoms with E-state index in [0.717, 1.165) is 55.2 Å². The zero-order chi connectivity index (χ0) is 80.2. The van der Waals surface area contributed by atoms with Crippen molar-refractivity contribution in [1.82, 2.24) is 14.0 Å². The Morgan fingerprint density at radius 3 is 0.810 bits per heavy atom.